The molecule has 198 valence electrons. The number of benzene rings is 2. The van der Waals surface area contributed by atoms with E-state index >= 15 is 0 Å². The maximum atomic E-state index is 13.3. The number of aryl methyl sites for hydroxylation is 3. The van der Waals surface area contributed by atoms with Crippen LogP contribution in [0.1, 0.15) is 32.6 Å². The zero-order valence-electron chi connectivity index (χ0n) is 21.6. The van der Waals surface area contributed by atoms with Crippen molar-refractivity contribution < 1.29 is 22.7 Å². The van der Waals surface area contributed by atoms with Crippen molar-refractivity contribution in [1.82, 2.24) is 14.7 Å². The van der Waals surface area contributed by atoms with Crippen molar-refractivity contribution in [2.24, 2.45) is 0 Å². The summed E-state index contributed by atoms with van der Waals surface area (Å²) in [6.07, 6.45) is 0. The number of aromatic nitrogens is 2. The number of carbonyl (C=O) groups excluding carboxylic acids is 1. The fourth-order valence-corrected chi connectivity index (χ4v) is 5.06. The van der Waals surface area contributed by atoms with Crippen molar-refractivity contribution in [3.8, 4) is 34.7 Å². The molecule has 0 aliphatic carbocycles. The smallest absolute Gasteiger partial charge is 0.281 e. The molecule has 2 aromatic heterocycles. The molecule has 0 saturated carbocycles. The number of nitrogens with two attached hydrogens (primary N) is 1. The van der Waals surface area contributed by atoms with Crippen LogP contribution >= 0.6 is 0 Å². The first kappa shape index (κ1) is 27.1. The molecule has 2 heterocycles. The summed E-state index contributed by atoms with van der Waals surface area (Å²) >= 11 is 0. The number of methoxy groups -OCH3 is 1. The molecule has 11 heteroatoms. The van der Waals surface area contributed by atoms with Gasteiger partial charge in [0.1, 0.15) is 28.9 Å². The van der Waals surface area contributed by atoms with E-state index in [2.05, 4.69) is 16.0 Å². The predicted octanol–water partition coefficient (Wildman–Crippen LogP) is 4.44. The summed E-state index contributed by atoms with van der Waals surface area (Å²) in [5.74, 6) is -0.362. The Balaban J connectivity index is 1.84. The highest BCUT2D eigenvalue weighted by Gasteiger charge is 2.25. The molecule has 2 aromatic carbocycles. The topological polar surface area (TPSA) is 157 Å². The van der Waals surface area contributed by atoms with E-state index < -0.39 is 21.0 Å². The van der Waals surface area contributed by atoms with E-state index in [1.54, 1.807) is 18.2 Å². The summed E-state index contributed by atoms with van der Waals surface area (Å²) in [5.41, 5.74) is 9.23. The summed E-state index contributed by atoms with van der Waals surface area (Å²) < 4.78 is 39.4. The van der Waals surface area contributed by atoms with Crippen molar-refractivity contribution in [2.45, 2.75) is 25.8 Å². The highest BCUT2D eigenvalue weighted by molar-refractivity contribution is 7.90. The lowest BCUT2D eigenvalue weighted by molar-refractivity contribution is 0.0978. The fraction of sp³-hybridized carbons (Fsp3) is 0.143. The van der Waals surface area contributed by atoms with Gasteiger partial charge >= 0.3 is 0 Å². The lowest BCUT2D eigenvalue weighted by Gasteiger charge is -2.16. The van der Waals surface area contributed by atoms with Crippen LogP contribution in [0.25, 0.3) is 11.3 Å². The third-order valence-corrected chi connectivity index (χ3v) is 7.00. The Kier molecular flexibility index (Phi) is 7.51. The van der Waals surface area contributed by atoms with E-state index in [0.29, 0.717) is 28.3 Å². The van der Waals surface area contributed by atoms with Crippen LogP contribution in [0.3, 0.4) is 0 Å². The highest BCUT2D eigenvalue weighted by Crippen LogP contribution is 2.36. The van der Waals surface area contributed by atoms with Crippen LogP contribution in [0.4, 0.5) is 5.82 Å². The van der Waals surface area contributed by atoms with Crippen LogP contribution in [0.15, 0.2) is 65.7 Å². The average molecular weight is 544 g/mol. The van der Waals surface area contributed by atoms with E-state index in [4.69, 9.17) is 15.2 Å². The second-order valence-corrected chi connectivity index (χ2v) is 10.3. The van der Waals surface area contributed by atoms with Crippen LogP contribution in [-0.4, -0.2) is 31.4 Å². The number of nitrogens with one attached hydrogen (secondary N) is 1. The third-order valence-electron chi connectivity index (χ3n) is 5.77. The number of hydrogen-bond donors (Lipinski definition) is 2. The maximum Gasteiger partial charge on any atom is 0.281 e. The number of nitrogen functional groups attached to an aromatic ring is 1. The summed E-state index contributed by atoms with van der Waals surface area (Å²) in [7, 11) is -2.92. The second-order valence-electron chi connectivity index (χ2n) is 8.71. The van der Waals surface area contributed by atoms with Gasteiger partial charge in [-0.1, -0.05) is 29.8 Å². The van der Waals surface area contributed by atoms with Gasteiger partial charge in [0, 0.05) is 5.56 Å². The van der Waals surface area contributed by atoms with E-state index in [1.807, 2.05) is 37.6 Å². The first-order valence-corrected chi connectivity index (χ1v) is 13.2. The minimum atomic E-state index is -4.35. The summed E-state index contributed by atoms with van der Waals surface area (Å²) in [4.78, 5) is 21.6. The number of amides is 1. The van der Waals surface area contributed by atoms with Gasteiger partial charge in [-0.3, -0.25) is 4.79 Å². The molecule has 0 unspecified atom stereocenters. The Morgan fingerprint density at radius 1 is 0.974 bits per heavy atom. The Bertz CT molecular complexity index is 1720. The van der Waals surface area contributed by atoms with E-state index in [9.17, 15) is 18.5 Å². The SMILES string of the molecule is COc1c(C#N)cccc1-c1ccc(C(=O)NS(=O)(=O)c2cccc(N)n2)c(Oc2c(C)cc(C)cc2C)n1. The molecule has 4 rings (SSSR count). The monoisotopic (exact) mass is 543 g/mol. The summed E-state index contributed by atoms with van der Waals surface area (Å²) in [6, 6.07) is 17.9. The largest absolute Gasteiger partial charge is 0.495 e. The van der Waals surface area contributed by atoms with E-state index in [0.717, 1.165) is 16.7 Å². The first-order chi connectivity index (χ1) is 18.5. The highest BCUT2D eigenvalue weighted by atomic mass is 32.2. The number of anilines is 1. The number of nitrogens with zero attached hydrogens (tertiary/aromatic N) is 3. The molecule has 39 heavy (non-hydrogen) atoms. The molecule has 0 saturated heterocycles. The normalized spacial score (nSPS) is 10.9. The van der Waals surface area contributed by atoms with E-state index in [1.165, 1.54) is 37.4 Å². The third kappa shape index (κ3) is 5.66. The minimum absolute atomic E-state index is 0.0146. The van der Waals surface area contributed by atoms with Crippen LogP contribution in [0, 0.1) is 32.1 Å². The number of para-hydroxylation sites is 1. The molecule has 0 atom stereocenters. The zero-order valence-corrected chi connectivity index (χ0v) is 22.5. The number of nitriles is 1. The van der Waals surface area contributed by atoms with Gasteiger partial charge in [0.15, 0.2) is 5.03 Å². The Hall–Kier alpha value is -4.95. The van der Waals surface area contributed by atoms with Crippen molar-refractivity contribution in [3.63, 3.8) is 0 Å². The second kappa shape index (κ2) is 10.8. The lowest BCUT2D eigenvalue weighted by atomic mass is 10.0. The molecule has 10 nitrogen and oxygen atoms in total. The van der Waals surface area contributed by atoms with E-state index in [-0.39, 0.29) is 17.3 Å². The minimum Gasteiger partial charge on any atom is -0.495 e. The van der Waals surface area contributed by atoms with Crippen molar-refractivity contribution >= 4 is 21.7 Å². The quantitative estimate of drug-likeness (QED) is 0.344. The van der Waals surface area contributed by atoms with Crippen LogP contribution in [0.5, 0.6) is 17.4 Å². The molecule has 0 fully saturated rings. The van der Waals surface area contributed by atoms with Crippen LogP contribution in [-0.2, 0) is 10.0 Å². The molecule has 1 amide bonds. The van der Waals surface area contributed by atoms with Crippen molar-refractivity contribution in [2.75, 3.05) is 12.8 Å². The molecule has 0 aliphatic rings. The molecule has 4 aromatic rings. The Labute approximate surface area is 226 Å². The average Bonchev–Trinajstić information content (AvgIpc) is 2.89. The standard InChI is InChI=1S/C28H25N5O5S/c1-16-13-17(2)25(18(3)14-16)38-28-21(27(34)33-39(35,36)24-10-6-9-23(30)32-24)11-12-22(31-28)20-8-5-7-19(15-29)26(20)37-4/h5-14H,1-4H3,(H2,30,32)(H,33,34). The molecule has 0 aliphatic heterocycles. The molecule has 3 N–H and O–H groups in total. The van der Waals surface area contributed by atoms with Gasteiger partial charge in [-0.2, -0.15) is 13.7 Å². The van der Waals surface area contributed by atoms with Crippen LogP contribution in [0.2, 0.25) is 0 Å². The van der Waals surface area contributed by atoms with Crippen LogP contribution < -0.4 is 19.9 Å². The molecular weight excluding hydrogens is 518 g/mol. The Morgan fingerprint density at radius 3 is 2.31 bits per heavy atom. The number of pyridine rings is 2. The summed E-state index contributed by atoms with van der Waals surface area (Å²) in [6.45, 7) is 5.66. The van der Waals surface area contributed by atoms with Gasteiger partial charge in [0.2, 0.25) is 5.88 Å². The Morgan fingerprint density at radius 2 is 1.67 bits per heavy atom. The van der Waals surface area contributed by atoms with Gasteiger partial charge < -0.3 is 15.2 Å². The molecule has 0 spiro atoms. The number of sulfonamides is 1. The van der Waals surface area contributed by atoms with Gasteiger partial charge in [0.25, 0.3) is 15.9 Å². The maximum absolute atomic E-state index is 13.3. The molecule has 0 bridgehead atoms. The first-order valence-electron chi connectivity index (χ1n) is 11.7. The number of carbonyl (C=O) groups is 1. The van der Waals surface area contributed by atoms with Crippen molar-refractivity contribution in [3.05, 3.63) is 88.5 Å². The number of hydrogen-bond acceptors (Lipinski definition) is 9. The predicted molar refractivity (Wildman–Crippen MR) is 145 cm³/mol. The number of ether oxygens (including phenoxy) is 2. The zero-order chi connectivity index (χ0) is 28.3. The van der Waals surface area contributed by atoms with Gasteiger partial charge in [0.05, 0.1) is 18.4 Å². The fourth-order valence-electron chi connectivity index (χ4n) is 4.12. The van der Waals surface area contributed by atoms with Gasteiger partial charge in [-0.05, 0) is 68.3 Å². The van der Waals surface area contributed by atoms with Crippen molar-refractivity contribution in [1.29, 1.82) is 5.26 Å². The lowest BCUT2D eigenvalue weighted by Crippen LogP contribution is -2.31. The molecule has 0 radical (unpaired) electrons. The number of rotatable bonds is 7. The summed E-state index contributed by atoms with van der Waals surface area (Å²) in [5, 5.41) is 9.08. The van der Waals surface area contributed by atoms with Gasteiger partial charge in [-0.25, -0.2) is 14.7 Å². The van der Waals surface area contributed by atoms with Gasteiger partial charge in [-0.15, -0.1) is 0 Å². The molecular formula is C28H25N5O5S.